The summed E-state index contributed by atoms with van der Waals surface area (Å²) in [6.07, 6.45) is 1.35. The first-order valence-corrected chi connectivity index (χ1v) is 7.35. The number of rotatable bonds is 13. The molecule has 1 rings (SSSR count). The van der Waals surface area contributed by atoms with E-state index in [0.29, 0.717) is 45.7 Å². The van der Waals surface area contributed by atoms with Gasteiger partial charge in [0.1, 0.15) is 0 Å². The predicted octanol–water partition coefficient (Wildman–Crippen LogP) is 0.448. The van der Waals surface area contributed by atoms with E-state index in [-0.39, 0.29) is 12.2 Å². The van der Waals surface area contributed by atoms with Gasteiger partial charge in [0.2, 0.25) is 0 Å². The molecule has 0 spiro atoms. The van der Waals surface area contributed by atoms with Gasteiger partial charge in [-0.1, -0.05) is 6.92 Å². The van der Waals surface area contributed by atoms with Crippen molar-refractivity contribution in [1.82, 2.24) is 5.32 Å². The number of methoxy groups -OCH3 is 2. The number of nitrogens with one attached hydrogen (secondary N) is 1. The molecule has 120 valence electrons. The zero-order valence-electron chi connectivity index (χ0n) is 12.9. The Morgan fingerprint density at radius 3 is 2.20 bits per heavy atom. The van der Waals surface area contributed by atoms with Gasteiger partial charge in [-0.3, -0.25) is 0 Å². The standard InChI is InChI=1S/C14H29NO5/c1-4-15-12-11-13(14(12)17-3)20-10-9-19-8-7-18-6-5-16-2/h12-15H,4-11H2,1-3H3. The van der Waals surface area contributed by atoms with E-state index < -0.39 is 0 Å². The maximum atomic E-state index is 5.75. The average molecular weight is 291 g/mol. The third kappa shape index (κ3) is 6.47. The summed E-state index contributed by atoms with van der Waals surface area (Å²) in [4.78, 5) is 0. The number of likely N-dealkylation sites (N-methyl/N-ethyl adjacent to an activating group) is 1. The molecule has 0 amide bonds. The summed E-state index contributed by atoms with van der Waals surface area (Å²) in [7, 11) is 3.39. The molecule has 0 aromatic heterocycles. The Bertz CT molecular complexity index is 230. The normalized spacial score (nSPS) is 25.6. The summed E-state index contributed by atoms with van der Waals surface area (Å²) in [6.45, 7) is 6.66. The Labute approximate surface area is 122 Å². The molecule has 3 unspecified atom stereocenters. The van der Waals surface area contributed by atoms with E-state index in [1.165, 1.54) is 0 Å². The summed E-state index contributed by atoms with van der Waals surface area (Å²) in [6, 6.07) is 0.421. The zero-order valence-corrected chi connectivity index (χ0v) is 12.9. The molecule has 6 nitrogen and oxygen atoms in total. The molecular formula is C14H29NO5. The molecule has 1 aliphatic carbocycles. The van der Waals surface area contributed by atoms with Crippen LogP contribution in [0.1, 0.15) is 13.3 Å². The van der Waals surface area contributed by atoms with Crippen molar-refractivity contribution < 1.29 is 23.7 Å². The quantitative estimate of drug-likeness (QED) is 0.497. The molecule has 1 N–H and O–H groups in total. The third-order valence-corrected chi connectivity index (χ3v) is 3.35. The SMILES string of the molecule is CCNC1CC(OCCOCCOCCOC)C1OC. The highest BCUT2D eigenvalue weighted by Crippen LogP contribution is 2.26. The minimum atomic E-state index is 0.160. The Kier molecular flexibility index (Phi) is 10.2. The van der Waals surface area contributed by atoms with Crippen molar-refractivity contribution in [3.05, 3.63) is 0 Å². The van der Waals surface area contributed by atoms with Crippen molar-refractivity contribution in [2.24, 2.45) is 0 Å². The highest BCUT2D eigenvalue weighted by atomic mass is 16.6. The maximum Gasteiger partial charge on any atom is 0.0986 e. The van der Waals surface area contributed by atoms with Crippen molar-refractivity contribution in [2.45, 2.75) is 31.6 Å². The van der Waals surface area contributed by atoms with E-state index in [4.69, 9.17) is 23.7 Å². The first kappa shape index (κ1) is 17.8. The van der Waals surface area contributed by atoms with Crippen molar-refractivity contribution in [3.8, 4) is 0 Å². The zero-order chi connectivity index (χ0) is 14.6. The molecule has 1 fully saturated rings. The highest BCUT2D eigenvalue weighted by Gasteiger charge is 2.41. The fraction of sp³-hybridized carbons (Fsp3) is 1.00. The van der Waals surface area contributed by atoms with E-state index in [0.717, 1.165) is 13.0 Å². The molecule has 1 aliphatic rings. The molecule has 0 aliphatic heterocycles. The van der Waals surface area contributed by atoms with Gasteiger partial charge in [-0.15, -0.1) is 0 Å². The second-order valence-electron chi connectivity index (χ2n) is 4.73. The summed E-state index contributed by atoms with van der Waals surface area (Å²) in [5.41, 5.74) is 0. The average Bonchev–Trinajstić information content (AvgIpc) is 2.43. The molecule has 0 aromatic carbocycles. The van der Waals surface area contributed by atoms with Gasteiger partial charge < -0.3 is 29.0 Å². The van der Waals surface area contributed by atoms with Crippen LogP contribution in [0, 0.1) is 0 Å². The molecule has 0 heterocycles. The fourth-order valence-corrected chi connectivity index (χ4v) is 2.25. The van der Waals surface area contributed by atoms with Gasteiger partial charge in [0.15, 0.2) is 0 Å². The third-order valence-electron chi connectivity index (χ3n) is 3.35. The largest absolute Gasteiger partial charge is 0.382 e. The van der Waals surface area contributed by atoms with Crippen LogP contribution in [0.2, 0.25) is 0 Å². The number of hydrogen-bond acceptors (Lipinski definition) is 6. The molecule has 0 radical (unpaired) electrons. The van der Waals surface area contributed by atoms with Crippen LogP contribution in [0.4, 0.5) is 0 Å². The van der Waals surface area contributed by atoms with E-state index in [1.54, 1.807) is 14.2 Å². The van der Waals surface area contributed by atoms with Gasteiger partial charge in [0.05, 0.1) is 51.8 Å². The molecule has 3 atom stereocenters. The minimum Gasteiger partial charge on any atom is -0.382 e. The molecule has 0 saturated heterocycles. The van der Waals surface area contributed by atoms with E-state index in [2.05, 4.69) is 12.2 Å². The van der Waals surface area contributed by atoms with Gasteiger partial charge in [0.25, 0.3) is 0 Å². The van der Waals surface area contributed by atoms with Gasteiger partial charge in [-0.2, -0.15) is 0 Å². The number of ether oxygens (including phenoxy) is 5. The summed E-state index contributed by atoms with van der Waals surface area (Å²) >= 11 is 0. The Morgan fingerprint density at radius 1 is 0.950 bits per heavy atom. The van der Waals surface area contributed by atoms with Crippen LogP contribution < -0.4 is 5.32 Å². The Morgan fingerprint density at radius 2 is 1.60 bits per heavy atom. The van der Waals surface area contributed by atoms with Gasteiger partial charge in [-0.05, 0) is 13.0 Å². The topological polar surface area (TPSA) is 58.2 Å². The second-order valence-corrected chi connectivity index (χ2v) is 4.73. The van der Waals surface area contributed by atoms with Crippen molar-refractivity contribution in [1.29, 1.82) is 0 Å². The lowest BCUT2D eigenvalue weighted by atomic mass is 9.85. The first-order valence-electron chi connectivity index (χ1n) is 7.35. The van der Waals surface area contributed by atoms with Gasteiger partial charge in [-0.25, -0.2) is 0 Å². The van der Waals surface area contributed by atoms with Crippen LogP contribution >= 0.6 is 0 Å². The van der Waals surface area contributed by atoms with E-state index >= 15 is 0 Å². The lowest BCUT2D eigenvalue weighted by molar-refractivity contribution is -0.141. The predicted molar refractivity (Wildman–Crippen MR) is 76.1 cm³/mol. The van der Waals surface area contributed by atoms with E-state index in [1.807, 2.05) is 0 Å². The lowest BCUT2D eigenvalue weighted by Crippen LogP contribution is -2.59. The first-order chi connectivity index (χ1) is 9.83. The van der Waals surface area contributed by atoms with Crippen molar-refractivity contribution >= 4 is 0 Å². The smallest absolute Gasteiger partial charge is 0.0986 e. The molecule has 0 aromatic rings. The molecule has 0 bridgehead atoms. The van der Waals surface area contributed by atoms with Crippen LogP contribution in [0.25, 0.3) is 0 Å². The van der Waals surface area contributed by atoms with Crippen LogP contribution in [0.3, 0.4) is 0 Å². The fourth-order valence-electron chi connectivity index (χ4n) is 2.25. The maximum absolute atomic E-state index is 5.75. The summed E-state index contributed by atoms with van der Waals surface area (Å²) in [5, 5.41) is 3.39. The second kappa shape index (κ2) is 11.4. The molecule has 1 saturated carbocycles. The Hall–Kier alpha value is -0.240. The van der Waals surface area contributed by atoms with Crippen LogP contribution in [0.15, 0.2) is 0 Å². The van der Waals surface area contributed by atoms with Crippen LogP contribution in [-0.2, 0) is 23.7 Å². The van der Waals surface area contributed by atoms with Crippen molar-refractivity contribution in [3.63, 3.8) is 0 Å². The lowest BCUT2D eigenvalue weighted by Gasteiger charge is -2.43. The summed E-state index contributed by atoms with van der Waals surface area (Å²) in [5.74, 6) is 0. The van der Waals surface area contributed by atoms with Crippen molar-refractivity contribution in [2.75, 3.05) is 60.4 Å². The molecule has 6 heteroatoms. The highest BCUT2D eigenvalue weighted by molar-refractivity contribution is 4.96. The molecular weight excluding hydrogens is 262 g/mol. The Balaban J connectivity index is 1.89. The molecule has 20 heavy (non-hydrogen) atoms. The van der Waals surface area contributed by atoms with Gasteiger partial charge >= 0.3 is 0 Å². The van der Waals surface area contributed by atoms with Crippen LogP contribution in [0.5, 0.6) is 0 Å². The number of hydrogen-bond donors (Lipinski definition) is 1. The minimum absolute atomic E-state index is 0.160. The van der Waals surface area contributed by atoms with E-state index in [9.17, 15) is 0 Å². The van der Waals surface area contributed by atoms with Crippen LogP contribution in [-0.4, -0.2) is 78.7 Å². The summed E-state index contributed by atoms with van der Waals surface area (Å²) < 4.78 is 26.8. The monoisotopic (exact) mass is 291 g/mol. The van der Waals surface area contributed by atoms with Gasteiger partial charge in [0, 0.05) is 20.3 Å².